The summed E-state index contributed by atoms with van der Waals surface area (Å²) in [6, 6.07) is 17.7. The molecule has 29 heavy (non-hydrogen) atoms. The third kappa shape index (κ3) is 4.34. The zero-order valence-electron chi connectivity index (χ0n) is 16.0. The van der Waals surface area contributed by atoms with Crippen LogP contribution in [0.5, 0.6) is 0 Å². The van der Waals surface area contributed by atoms with Crippen molar-refractivity contribution in [1.82, 2.24) is 9.78 Å². The van der Waals surface area contributed by atoms with Gasteiger partial charge in [0.2, 0.25) is 0 Å². The number of nitrogens with zero attached hydrogens (tertiary/aromatic N) is 4. The molecule has 0 radical (unpaired) electrons. The van der Waals surface area contributed by atoms with Crippen molar-refractivity contribution in [1.29, 1.82) is 0 Å². The van der Waals surface area contributed by atoms with E-state index in [2.05, 4.69) is 22.1 Å². The van der Waals surface area contributed by atoms with Gasteiger partial charge in [-0.25, -0.2) is 4.68 Å². The highest BCUT2D eigenvalue weighted by molar-refractivity contribution is 5.62. The van der Waals surface area contributed by atoms with Gasteiger partial charge < -0.3 is 4.90 Å². The van der Waals surface area contributed by atoms with Gasteiger partial charge in [0.05, 0.1) is 17.2 Å². The van der Waals surface area contributed by atoms with Gasteiger partial charge in [-0.15, -0.1) is 0 Å². The van der Waals surface area contributed by atoms with Crippen molar-refractivity contribution in [2.45, 2.75) is 25.8 Å². The van der Waals surface area contributed by atoms with Gasteiger partial charge in [0.1, 0.15) is 0 Å². The lowest BCUT2D eigenvalue weighted by Crippen LogP contribution is -2.29. The summed E-state index contributed by atoms with van der Waals surface area (Å²) in [6.45, 7) is 2.45. The molecule has 148 valence electrons. The second-order valence-electron chi connectivity index (χ2n) is 7.23. The summed E-state index contributed by atoms with van der Waals surface area (Å²) in [4.78, 5) is 25.0. The lowest BCUT2D eigenvalue weighted by atomic mass is 10.1. The Hall–Kier alpha value is -3.48. The molecule has 7 heteroatoms. The number of anilines is 1. The van der Waals surface area contributed by atoms with Crippen molar-refractivity contribution in [3.8, 4) is 11.3 Å². The van der Waals surface area contributed by atoms with E-state index in [1.54, 1.807) is 18.2 Å². The Kier molecular flexibility index (Phi) is 5.37. The lowest BCUT2D eigenvalue weighted by Gasteiger charge is -2.28. The monoisotopic (exact) mass is 390 g/mol. The molecule has 0 N–H and O–H groups in total. The highest BCUT2D eigenvalue weighted by Gasteiger charge is 2.11. The number of nitro groups is 1. The van der Waals surface area contributed by atoms with Gasteiger partial charge in [0, 0.05) is 42.5 Å². The molecule has 1 aromatic heterocycles. The summed E-state index contributed by atoms with van der Waals surface area (Å²) >= 11 is 0. The minimum Gasteiger partial charge on any atom is -0.372 e. The molecule has 7 nitrogen and oxygen atoms in total. The summed E-state index contributed by atoms with van der Waals surface area (Å²) < 4.78 is 1.38. The summed E-state index contributed by atoms with van der Waals surface area (Å²) in [5, 5.41) is 15.3. The Morgan fingerprint density at radius 2 is 1.59 bits per heavy atom. The van der Waals surface area contributed by atoms with Gasteiger partial charge in [-0.1, -0.05) is 24.3 Å². The fraction of sp³-hybridized carbons (Fsp3) is 0.273. The minimum atomic E-state index is -0.442. The van der Waals surface area contributed by atoms with Crippen LogP contribution in [0, 0.1) is 10.1 Å². The van der Waals surface area contributed by atoms with Crippen LogP contribution in [0.1, 0.15) is 24.8 Å². The number of hydrogen-bond donors (Lipinski definition) is 0. The second kappa shape index (κ2) is 8.26. The van der Waals surface area contributed by atoms with Crippen molar-refractivity contribution in [3.63, 3.8) is 0 Å². The Bertz CT molecular complexity index is 1050. The lowest BCUT2D eigenvalue weighted by molar-refractivity contribution is -0.384. The molecule has 1 aliphatic rings. The van der Waals surface area contributed by atoms with Gasteiger partial charge in [-0.05, 0) is 43.0 Å². The van der Waals surface area contributed by atoms with Crippen molar-refractivity contribution >= 4 is 11.4 Å². The van der Waals surface area contributed by atoms with Crippen LogP contribution in [0.4, 0.5) is 11.4 Å². The number of nitro benzene ring substituents is 1. The molecule has 1 saturated heterocycles. The molecule has 2 aromatic carbocycles. The van der Waals surface area contributed by atoms with Crippen LogP contribution < -0.4 is 10.5 Å². The SMILES string of the molecule is O=c1ccc(-c2ccc(N3CCCCC3)cc2)nn1Cc1ccc([N+](=O)[O-])cc1. The number of non-ortho nitro benzene ring substituents is 1. The molecule has 0 unspecified atom stereocenters. The molecule has 4 rings (SSSR count). The van der Waals surface area contributed by atoms with E-state index in [1.165, 1.54) is 47.8 Å². The van der Waals surface area contributed by atoms with Gasteiger partial charge in [-0.2, -0.15) is 5.10 Å². The molecule has 1 aliphatic heterocycles. The van der Waals surface area contributed by atoms with Crippen LogP contribution in [0.25, 0.3) is 11.3 Å². The van der Waals surface area contributed by atoms with Crippen LogP contribution >= 0.6 is 0 Å². The fourth-order valence-electron chi connectivity index (χ4n) is 3.61. The summed E-state index contributed by atoms with van der Waals surface area (Å²) in [6.07, 6.45) is 3.77. The van der Waals surface area contributed by atoms with Crippen LogP contribution in [0.3, 0.4) is 0 Å². The highest BCUT2D eigenvalue weighted by atomic mass is 16.6. The topological polar surface area (TPSA) is 81.3 Å². The van der Waals surface area contributed by atoms with E-state index in [9.17, 15) is 14.9 Å². The molecular formula is C22H22N4O3. The summed E-state index contributed by atoms with van der Waals surface area (Å²) in [7, 11) is 0. The standard InChI is InChI=1S/C22H22N4O3/c27-22-13-12-21(18-6-10-19(11-7-18)24-14-2-1-3-15-24)23-25(22)16-17-4-8-20(9-5-17)26(28)29/h4-13H,1-3,14-16H2. The predicted molar refractivity (Wildman–Crippen MR) is 112 cm³/mol. The molecular weight excluding hydrogens is 368 g/mol. The normalized spacial score (nSPS) is 14.0. The average molecular weight is 390 g/mol. The van der Waals surface area contributed by atoms with Crippen molar-refractivity contribution in [3.05, 3.63) is 86.7 Å². The van der Waals surface area contributed by atoms with E-state index in [-0.39, 0.29) is 17.8 Å². The summed E-state index contributed by atoms with van der Waals surface area (Å²) in [5.74, 6) is 0. The molecule has 0 bridgehead atoms. The highest BCUT2D eigenvalue weighted by Crippen LogP contribution is 2.24. The van der Waals surface area contributed by atoms with E-state index < -0.39 is 4.92 Å². The van der Waals surface area contributed by atoms with Gasteiger partial charge in [0.25, 0.3) is 11.2 Å². The first-order chi connectivity index (χ1) is 14.1. The molecule has 0 amide bonds. The molecule has 3 aromatic rings. The molecule has 0 aliphatic carbocycles. The van der Waals surface area contributed by atoms with Crippen LogP contribution in [0.2, 0.25) is 0 Å². The van der Waals surface area contributed by atoms with Gasteiger partial charge >= 0.3 is 0 Å². The number of rotatable bonds is 5. The first kappa shape index (κ1) is 18.9. The van der Waals surface area contributed by atoms with Crippen molar-refractivity contribution in [2.24, 2.45) is 0 Å². The smallest absolute Gasteiger partial charge is 0.269 e. The van der Waals surface area contributed by atoms with E-state index in [0.29, 0.717) is 0 Å². The Labute approximate surface area is 168 Å². The van der Waals surface area contributed by atoms with Crippen LogP contribution in [-0.2, 0) is 6.54 Å². The van der Waals surface area contributed by atoms with Crippen molar-refractivity contribution in [2.75, 3.05) is 18.0 Å². The fourth-order valence-corrected chi connectivity index (χ4v) is 3.61. The van der Waals surface area contributed by atoms with Gasteiger partial charge in [-0.3, -0.25) is 14.9 Å². The van der Waals surface area contributed by atoms with E-state index >= 15 is 0 Å². The Morgan fingerprint density at radius 1 is 0.897 bits per heavy atom. The van der Waals surface area contributed by atoms with Gasteiger partial charge in [0.15, 0.2) is 0 Å². The molecule has 2 heterocycles. The molecule has 0 atom stereocenters. The third-order valence-corrected chi connectivity index (χ3v) is 5.23. The minimum absolute atomic E-state index is 0.0246. The maximum atomic E-state index is 12.2. The zero-order chi connectivity index (χ0) is 20.2. The average Bonchev–Trinajstić information content (AvgIpc) is 2.76. The maximum absolute atomic E-state index is 12.2. The number of aromatic nitrogens is 2. The number of piperidine rings is 1. The predicted octanol–water partition coefficient (Wildman–Crippen LogP) is 3.86. The Balaban J connectivity index is 1.54. The van der Waals surface area contributed by atoms with E-state index in [0.717, 1.165) is 29.9 Å². The van der Waals surface area contributed by atoms with Crippen LogP contribution in [0.15, 0.2) is 65.5 Å². The largest absolute Gasteiger partial charge is 0.372 e. The molecule has 0 spiro atoms. The number of hydrogen-bond acceptors (Lipinski definition) is 5. The van der Waals surface area contributed by atoms with E-state index in [4.69, 9.17) is 0 Å². The first-order valence-electron chi connectivity index (χ1n) is 9.77. The second-order valence-corrected chi connectivity index (χ2v) is 7.23. The number of benzene rings is 2. The molecule has 1 fully saturated rings. The van der Waals surface area contributed by atoms with Crippen LogP contribution in [-0.4, -0.2) is 27.8 Å². The maximum Gasteiger partial charge on any atom is 0.269 e. The van der Waals surface area contributed by atoms with E-state index in [1.807, 2.05) is 12.1 Å². The quantitative estimate of drug-likeness (QED) is 0.488. The third-order valence-electron chi connectivity index (χ3n) is 5.23. The molecule has 0 saturated carbocycles. The summed E-state index contributed by atoms with van der Waals surface area (Å²) in [5.41, 5.74) is 3.48. The zero-order valence-corrected chi connectivity index (χ0v) is 16.0. The first-order valence-corrected chi connectivity index (χ1v) is 9.77. The van der Waals surface area contributed by atoms with Crippen molar-refractivity contribution < 1.29 is 4.92 Å². The Morgan fingerprint density at radius 3 is 2.24 bits per heavy atom.